The maximum absolute atomic E-state index is 12.1. The largest absolute Gasteiger partial charge is 0.383 e. The van der Waals surface area contributed by atoms with Crippen molar-refractivity contribution >= 4 is 17.5 Å². The third kappa shape index (κ3) is 7.25. The quantitative estimate of drug-likeness (QED) is 0.606. The lowest BCUT2D eigenvalue weighted by molar-refractivity contribution is -0.115. The fourth-order valence-corrected chi connectivity index (χ4v) is 1.75. The summed E-state index contributed by atoms with van der Waals surface area (Å²) in [5.74, 6) is -0.249. The molecule has 0 radical (unpaired) electrons. The van der Waals surface area contributed by atoms with Crippen molar-refractivity contribution in [3.63, 3.8) is 0 Å². The molecule has 0 spiro atoms. The highest BCUT2D eigenvalue weighted by atomic mass is 16.5. The molecular formula is C17H27N3O3. The van der Waals surface area contributed by atoms with Crippen LogP contribution in [-0.4, -0.2) is 44.2 Å². The van der Waals surface area contributed by atoms with Gasteiger partial charge in [-0.05, 0) is 44.5 Å². The Morgan fingerprint density at radius 2 is 1.83 bits per heavy atom. The molecule has 0 fully saturated rings. The predicted octanol–water partition coefficient (Wildman–Crippen LogP) is 1.78. The van der Waals surface area contributed by atoms with Crippen molar-refractivity contribution in [2.24, 2.45) is 0 Å². The van der Waals surface area contributed by atoms with Gasteiger partial charge in [0.1, 0.15) is 0 Å². The molecule has 0 saturated heterocycles. The summed E-state index contributed by atoms with van der Waals surface area (Å²) in [7, 11) is 1.61. The molecule has 1 aromatic rings. The molecule has 0 heterocycles. The van der Waals surface area contributed by atoms with Gasteiger partial charge in [-0.15, -0.1) is 0 Å². The van der Waals surface area contributed by atoms with E-state index < -0.39 is 0 Å². The number of benzene rings is 1. The number of methoxy groups -OCH3 is 1. The lowest BCUT2D eigenvalue weighted by Crippen LogP contribution is -2.42. The van der Waals surface area contributed by atoms with Crippen molar-refractivity contribution in [2.45, 2.75) is 32.7 Å². The maximum Gasteiger partial charge on any atom is 0.251 e. The second kappa shape index (κ2) is 9.27. The zero-order chi connectivity index (χ0) is 17.3. The van der Waals surface area contributed by atoms with Gasteiger partial charge in [-0.1, -0.05) is 6.92 Å². The summed E-state index contributed by atoms with van der Waals surface area (Å²) in [5.41, 5.74) is 0.996. The van der Waals surface area contributed by atoms with Gasteiger partial charge in [-0.2, -0.15) is 0 Å². The summed E-state index contributed by atoms with van der Waals surface area (Å²) in [5, 5.41) is 8.71. The van der Waals surface area contributed by atoms with Crippen LogP contribution in [0.1, 0.15) is 37.6 Å². The van der Waals surface area contributed by atoms with E-state index in [4.69, 9.17) is 4.74 Å². The summed E-state index contributed by atoms with van der Waals surface area (Å²) in [6.45, 7) is 7.39. The standard InChI is InChI=1S/C17H27N3O3/c1-5-17(2,3)20-16(22)13-6-8-14(9-7-13)19-15(21)12-18-10-11-23-4/h6-9,18H,5,10-12H2,1-4H3,(H,19,21)(H,20,22). The molecule has 0 aliphatic carbocycles. The Bertz CT molecular complexity index is 512. The number of hydrogen-bond donors (Lipinski definition) is 3. The molecule has 0 aliphatic rings. The van der Waals surface area contributed by atoms with E-state index in [2.05, 4.69) is 16.0 Å². The number of anilines is 1. The molecular weight excluding hydrogens is 294 g/mol. The van der Waals surface area contributed by atoms with Crippen LogP contribution in [-0.2, 0) is 9.53 Å². The fraction of sp³-hybridized carbons (Fsp3) is 0.529. The Morgan fingerprint density at radius 1 is 1.17 bits per heavy atom. The zero-order valence-electron chi connectivity index (χ0n) is 14.4. The third-order valence-electron chi connectivity index (χ3n) is 3.54. The molecule has 1 aromatic carbocycles. The SMILES string of the molecule is CCC(C)(C)NC(=O)c1ccc(NC(=O)CNCCOC)cc1. The van der Waals surface area contributed by atoms with E-state index in [1.807, 2.05) is 20.8 Å². The molecule has 2 amide bonds. The number of carbonyl (C=O) groups is 2. The van der Waals surface area contributed by atoms with Gasteiger partial charge in [-0.3, -0.25) is 9.59 Å². The van der Waals surface area contributed by atoms with Crippen LogP contribution in [0.25, 0.3) is 0 Å². The molecule has 0 unspecified atom stereocenters. The fourth-order valence-electron chi connectivity index (χ4n) is 1.75. The second-order valence-electron chi connectivity index (χ2n) is 5.99. The van der Waals surface area contributed by atoms with Crippen molar-refractivity contribution in [3.05, 3.63) is 29.8 Å². The van der Waals surface area contributed by atoms with E-state index in [-0.39, 0.29) is 23.9 Å². The minimum Gasteiger partial charge on any atom is -0.383 e. The molecule has 128 valence electrons. The normalized spacial score (nSPS) is 11.1. The first kappa shape index (κ1) is 19.1. The molecule has 6 nitrogen and oxygen atoms in total. The number of amides is 2. The number of ether oxygens (including phenoxy) is 1. The van der Waals surface area contributed by atoms with E-state index in [9.17, 15) is 9.59 Å². The first-order valence-corrected chi connectivity index (χ1v) is 7.80. The first-order valence-electron chi connectivity index (χ1n) is 7.80. The summed E-state index contributed by atoms with van der Waals surface area (Å²) in [6, 6.07) is 6.85. The molecule has 0 bridgehead atoms. The third-order valence-corrected chi connectivity index (χ3v) is 3.54. The van der Waals surface area contributed by atoms with Gasteiger partial charge in [0.25, 0.3) is 5.91 Å². The van der Waals surface area contributed by atoms with Gasteiger partial charge in [0, 0.05) is 30.4 Å². The Labute approximate surface area is 138 Å². The van der Waals surface area contributed by atoms with Gasteiger partial charge >= 0.3 is 0 Å². The van der Waals surface area contributed by atoms with Crippen LogP contribution in [0.5, 0.6) is 0 Å². The van der Waals surface area contributed by atoms with Crippen LogP contribution >= 0.6 is 0 Å². The van der Waals surface area contributed by atoms with Gasteiger partial charge in [0.05, 0.1) is 13.2 Å². The number of carbonyl (C=O) groups excluding carboxylic acids is 2. The highest BCUT2D eigenvalue weighted by Crippen LogP contribution is 2.12. The van der Waals surface area contributed by atoms with Crippen LogP contribution < -0.4 is 16.0 Å². The lowest BCUT2D eigenvalue weighted by Gasteiger charge is -2.24. The van der Waals surface area contributed by atoms with E-state index in [0.717, 1.165) is 6.42 Å². The molecule has 1 rings (SSSR count). The van der Waals surface area contributed by atoms with E-state index in [1.54, 1.807) is 31.4 Å². The van der Waals surface area contributed by atoms with E-state index >= 15 is 0 Å². The Morgan fingerprint density at radius 3 is 2.39 bits per heavy atom. The smallest absolute Gasteiger partial charge is 0.251 e. The summed E-state index contributed by atoms with van der Waals surface area (Å²) in [6.07, 6.45) is 0.850. The zero-order valence-corrected chi connectivity index (χ0v) is 14.4. The molecule has 23 heavy (non-hydrogen) atoms. The minimum absolute atomic E-state index is 0.115. The van der Waals surface area contributed by atoms with Gasteiger partial charge in [0.15, 0.2) is 0 Å². The molecule has 6 heteroatoms. The second-order valence-corrected chi connectivity index (χ2v) is 5.99. The van der Waals surface area contributed by atoms with Gasteiger partial charge in [0.2, 0.25) is 5.91 Å². The average molecular weight is 321 g/mol. The Balaban J connectivity index is 2.50. The number of nitrogens with one attached hydrogen (secondary N) is 3. The number of hydrogen-bond acceptors (Lipinski definition) is 4. The maximum atomic E-state index is 12.1. The lowest BCUT2D eigenvalue weighted by atomic mass is 10.0. The van der Waals surface area contributed by atoms with Crippen molar-refractivity contribution < 1.29 is 14.3 Å². The first-order chi connectivity index (χ1) is 10.9. The molecule has 0 saturated carbocycles. The molecule has 0 aromatic heterocycles. The van der Waals surface area contributed by atoms with Gasteiger partial charge < -0.3 is 20.7 Å². The highest BCUT2D eigenvalue weighted by Gasteiger charge is 2.18. The monoisotopic (exact) mass is 321 g/mol. The van der Waals surface area contributed by atoms with Crippen molar-refractivity contribution in [1.29, 1.82) is 0 Å². The van der Waals surface area contributed by atoms with Crippen molar-refractivity contribution in [1.82, 2.24) is 10.6 Å². The van der Waals surface area contributed by atoms with Crippen molar-refractivity contribution in [2.75, 3.05) is 32.1 Å². The summed E-state index contributed by atoms with van der Waals surface area (Å²) < 4.78 is 4.89. The predicted molar refractivity (Wildman–Crippen MR) is 91.7 cm³/mol. The molecule has 3 N–H and O–H groups in total. The Hall–Kier alpha value is -1.92. The molecule has 0 atom stereocenters. The van der Waals surface area contributed by atoms with Crippen LogP contribution in [0.3, 0.4) is 0 Å². The van der Waals surface area contributed by atoms with Crippen LogP contribution in [0, 0.1) is 0 Å². The average Bonchev–Trinajstić information content (AvgIpc) is 2.52. The number of rotatable bonds is 9. The summed E-state index contributed by atoms with van der Waals surface area (Å²) in [4.78, 5) is 23.9. The molecule has 0 aliphatic heterocycles. The minimum atomic E-state index is -0.238. The van der Waals surface area contributed by atoms with Crippen LogP contribution in [0.2, 0.25) is 0 Å². The topological polar surface area (TPSA) is 79.5 Å². The van der Waals surface area contributed by atoms with E-state index in [1.165, 1.54) is 0 Å². The van der Waals surface area contributed by atoms with Crippen LogP contribution in [0.4, 0.5) is 5.69 Å². The van der Waals surface area contributed by atoms with Gasteiger partial charge in [-0.25, -0.2) is 0 Å². The summed E-state index contributed by atoms with van der Waals surface area (Å²) >= 11 is 0. The highest BCUT2D eigenvalue weighted by molar-refractivity contribution is 5.96. The van der Waals surface area contributed by atoms with Crippen molar-refractivity contribution in [3.8, 4) is 0 Å². The van der Waals surface area contributed by atoms with Crippen LogP contribution in [0.15, 0.2) is 24.3 Å². The van der Waals surface area contributed by atoms with E-state index in [0.29, 0.717) is 24.4 Å². The Kier molecular flexibility index (Phi) is 7.71.